The normalized spacial score (nSPS) is 26.2. The molecule has 4 aliphatic rings. The van der Waals surface area contributed by atoms with Gasteiger partial charge in [0.05, 0.1) is 12.6 Å². The van der Waals surface area contributed by atoms with Gasteiger partial charge in [-0.25, -0.2) is 0 Å². The van der Waals surface area contributed by atoms with E-state index < -0.39 is 6.09 Å². The van der Waals surface area contributed by atoms with Crippen LogP contribution in [0.2, 0.25) is 0 Å². The molecule has 2 aromatic rings. The third kappa shape index (κ3) is 4.63. The van der Waals surface area contributed by atoms with Gasteiger partial charge in [0, 0.05) is 18.2 Å². The zero-order chi connectivity index (χ0) is 25.6. The van der Waals surface area contributed by atoms with E-state index in [1.807, 2.05) is 6.92 Å². The molecule has 5 heteroatoms. The first kappa shape index (κ1) is 25.1. The summed E-state index contributed by atoms with van der Waals surface area (Å²) in [5.41, 5.74) is 5.66. The molecule has 2 aromatic carbocycles. The minimum Gasteiger partial charge on any atom is -0.530 e. The molecule has 194 valence electrons. The van der Waals surface area contributed by atoms with Gasteiger partial charge in [0.2, 0.25) is 0 Å². The van der Waals surface area contributed by atoms with Crippen LogP contribution in [0.4, 0.5) is 4.79 Å². The van der Waals surface area contributed by atoms with Crippen molar-refractivity contribution in [3.63, 3.8) is 0 Å². The third-order valence-corrected chi connectivity index (χ3v) is 8.60. The van der Waals surface area contributed by atoms with Crippen LogP contribution in [-0.4, -0.2) is 48.2 Å². The van der Waals surface area contributed by atoms with E-state index in [-0.39, 0.29) is 17.5 Å². The first-order chi connectivity index (χ1) is 17.2. The van der Waals surface area contributed by atoms with Crippen molar-refractivity contribution in [3.05, 3.63) is 53.1 Å². The van der Waals surface area contributed by atoms with Gasteiger partial charge in [0.25, 0.3) is 0 Å². The van der Waals surface area contributed by atoms with Gasteiger partial charge in [-0.05, 0) is 97.3 Å². The maximum Gasteiger partial charge on any atom is 0.137 e. The Kier molecular flexibility index (Phi) is 6.80. The summed E-state index contributed by atoms with van der Waals surface area (Å²) in [4.78, 5) is 16.9. The number of carbonyl (C=O) groups is 1. The molecule has 0 saturated carbocycles. The zero-order valence-corrected chi connectivity index (χ0v) is 22.5. The molecule has 3 fully saturated rings. The Balaban J connectivity index is 1.55. The van der Waals surface area contributed by atoms with Gasteiger partial charge in [-0.3, -0.25) is 0 Å². The van der Waals surface area contributed by atoms with Crippen LogP contribution in [0.15, 0.2) is 36.4 Å². The Morgan fingerprint density at radius 1 is 1.17 bits per heavy atom. The van der Waals surface area contributed by atoms with E-state index in [2.05, 4.69) is 69.0 Å². The Hall–Kier alpha value is -2.53. The first-order valence-electron chi connectivity index (χ1n) is 13.8. The highest BCUT2D eigenvalue weighted by Gasteiger charge is 2.48. The summed E-state index contributed by atoms with van der Waals surface area (Å²) in [6.45, 7) is 14.4. The lowest BCUT2D eigenvalue weighted by Gasteiger charge is -2.53. The predicted molar refractivity (Wildman–Crippen MR) is 142 cm³/mol. The highest BCUT2D eigenvalue weighted by Crippen LogP contribution is 2.53. The monoisotopic (exact) mass is 489 g/mol. The molecule has 0 radical (unpaired) electrons. The molecule has 3 aliphatic heterocycles. The molecule has 2 atom stereocenters. The number of carbonyl (C=O) groups excluding carboxylic acids is 1. The molecule has 2 bridgehead atoms. The molecule has 0 aromatic heterocycles. The standard InChI is InChI=1S/C31H42N2O3/c1-6-36-28-17-26-24(16-25(28)22-9-7-21(8-10-22)15-20(2)3)18-31(4,5)29(26)33(30(34)35)27-19-32-13-11-23(27)12-14-32/h7-10,16-17,20,23,27,29H,6,11-15,18-19H2,1-5H3,(H,34,35)/p-1/t27-,29+/m1/s1. The van der Waals surface area contributed by atoms with Gasteiger partial charge in [-0.15, -0.1) is 0 Å². The van der Waals surface area contributed by atoms with Crippen LogP contribution < -0.4 is 9.84 Å². The average molecular weight is 490 g/mol. The Labute approximate surface area is 216 Å². The second kappa shape index (κ2) is 9.74. The van der Waals surface area contributed by atoms with Crippen molar-refractivity contribution < 1.29 is 14.6 Å². The van der Waals surface area contributed by atoms with Crippen LogP contribution in [0.3, 0.4) is 0 Å². The molecule has 6 rings (SSSR count). The summed E-state index contributed by atoms with van der Waals surface area (Å²) in [7, 11) is 0. The Bertz CT molecular complexity index is 1100. The number of ether oxygens (including phenoxy) is 1. The summed E-state index contributed by atoms with van der Waals surface area (Å²) in [6, 6.07) is 13.0. The van der Waals surface area contributed by atoms with E-state index in [1.165, 1.54) is 11.1 Å². The number of piperidine rings is 3. The minimum absolute atomic E-state index is 0.00329. The smallest absolute Gasteiger partial charge is 0.137 e. The number of amides is 1. The summed E-state index contributed by atoms with van der Waals surface area (Å²) in [5, 5.41) is 12.7. The molecule has 0 spiro atoms. The number of carboxylic acid groups (broad SMARTS) is 1. The molecule has 5 nitrogen and oxygen atoms in total. The lowest BCUT2D eigenvalue weighted by atomic mass is 9.79. The summed E-state index contributed by atoms with van der Waals surface area (Å²) in [5.74, 6) is 1.88. The lowest BCUT2D eigenvalue weighted by Crippen LogP contribution is -2.62. The second-order valence-corrected chi connectivity index (χ2v) is 12.2. The van der Waals surface area contributed by atoms with Crippen molar-refractivity contribution in [2.75, 3.05) is 26.2 Å². The first-order valence-corrected chi connectivity index (χ1v) is 13.8. The van der Waals surface area contributed by atoms with Gasteiger partial charge in [0.15, 0.2) is 0 Å². The molecule has 36 heavy (non-hydrogen) atoms. The number of benzene rings is 2. The number of rotatable bonds is 7. The summed E-state index contributed by atoms with van der Waals surface area (Å²) < 4.78 is 6.17. The van der Waals surface area contributed by atoms with Crippen molar-refractivity contribution >= 4 is 6.09 Å². The van der Waals surface area contributed by atoms with Gasteiger partial charge < -0.3 is 24.4 Å². The minimum atomic E-state index is -1.04. The van der Waals surface area contributed by atoms with E-state index >= 15 is 0 Å². The van der Waals surface area contributed by atoms with Crippen LogP contribution in [0, 0.1) is 17.3 Å². The van der Waals surface area contributed by atoms with Crippen LogP contribution in [0.1, 0.15) is 70.2 Å². The maximum absolute atomic E-state index is 12.7. The fourth-order valence-corrected chi connectivity index (χ4v) is 7.06. The molecule has 0 unspecified atom stereocenters. The SMILES string of the molecule is CCOc1cc2c(cc1-c1ccc(CC(C)C)cc1)CC(C)(C)[C@H]2N(C(=O)[O-])[C@@H]1CN2CCC1CC2. The van der Waals surface area contributed by atoms with Crippen molar-refractivity contribution in [1.82, 2.24) is 9.80 Å². The molecular formula is C31H41N2O3-. The molecule has 1 aliphatic carbocycles. The third-order valence-electron chi connectivity index (χ3n) is 8.60. The molecule has 3 heterocycles. The predicted octanol–water partition coefficient (Wildman–Crippen LogP) is 5.31. The van der Waals surface area contributed by atoms with Crippen LogP contribution in [0.25, 0.3) is 11.1 Å². The number of hydrogen-bond acceptors (Lipinski definition) is 4. The Morgan fingerprint density at radius 2 is 1.86 bits per heavy atom. The van der Waals surface area contributed by atoms with Crippen molar-refractivity contribution in [1.29, 1.82) is 0 Å². The molecule has 1 amide bonds. The largest absolute Gasteiger partial charge is 0.530 e. The summed E-state index contributed by atoms with van der Waals surface area (Å²) in [6.07, 6.45) is 3.01. The van der Waals surface area contributed by atoms with Crippen molar-refractivity contribution in [3.8, 4) is 16.9 Å². The van der Waals surface area contributed by atoms with E-state index in [4.69, 9.17) is 4.74 Å². The van der Waals surface area contributed by atoms with Gasteiger partial charge in [-0.1, -0.05) is 52.0 Å². The molecular weight excluding hydrogens is 448 g/mol. The zero-order valence-electron chi connectivity index (χ0n) is 22.5. The van der Waals surface area contributed by atoms with Crippen LogP contribution in [0.5, 0.6) is 5.75 Å². The quantitative estimate of drug-likeness (QED) is 0.529. The van der Waals surface area contributed by atoms with Crippen LogP contribution >= 0.6 is 0 Å². The van der Waals surface area contributed by atoms with Gasteiger partial charge in [0.1, 0.15) is 11.8 Å². The van der Waals surface area contributed by atoms with Crippen LogP contribution in [-0.2, 0) is 12.8 Å². The Morgan fingerprint density at radius 3 is 2.42 bits per heavy atom. The van der Waals surface area contributed by atoms with Gasteiger partial charge in [-0.2, -0.15) is 0 Å². The number of fused-ring (bicyclic) bond motifs is 4. The van der Waals surface area contributed by atoms with Gasteiger partial charge >= 0.3 is 0 Å². The second-order valence-electron chi connectivity index (χ2n) is 12.2. The maximum atomic E-state index is 12.7. The van der Waals surface area contributed by atoms with E-state index in [1.54, 1.807) is 4.90 Å². The fourth-order valence-electron chi connectivity index (χ4n) is 7.06. The number of nitrogens with zero attached hydrogens (tertiary/aromatic N) is 2. The topological polar surface area (TPSA) is 55.8 Å². The average Bonchev–Trinajstić information content (AvgIpc) is 3.09. The number of hydrogen-bond donors (Lipinski definition) is 0. The fraction of sp³-hybridized carbons (Fsp3) is 0.581. The van der Waals surface area contributed by atoms with Crippen molar-refractivity contribution in [2.45, 2.75) is 72.4 Å². The highest BCUT2D eigenvalue weighted by atomic mass is 16.5. The highest BCUT2D eigenvalue weighted by molar-refractivity contribution is 5.74. The van der Waals surface area contributed by atoms with E-state index in [9.17, 15) is 9.90 Å². The lowest BCUT2D eigenvalue weighted by molar-refractivity contribution is -0.276. The van der Waals surface area contributed by atoms with E-state index in [0.29, 0.717) is 18.4 Å². The van der Waals surface area contributed by atoms with E-state index in [0.717, 1.165) is 67.8 Å². The molecule has 0 N–H and O–H groups in total. The van der Waals surface area contributed by atoms with Crippen molar-refractivity contribution in [2.24, 2.45) is 17.3 Å². The summed E-state index contributed by atoms with van der Waals surface area (Å²) >= 11 is 0. The molecule has 3 saturated heterocycles.